The van der Waals surface area contributed by atoms with Crippen molar-refractivity contribution in [2.45, 2.75) is 13.0 Å². The molecule has 2 saturated heterocycles. The summed E-state index contributed by atoms with van der Waals surface area (Å²) in [5, 5.41) is 8.79. The summed E-state index contributed by atoms with van der Waals surface area (Å²) in [4.78, 5) is 4.96. The Labute approximate surface area is 147 Å². The summed E-state index contributed by atoms with van der Waals surface area (Å²) in [6, 6.07) is 15.4. The standard InChI is InChI=1S/C20H23N5/c1-14-7-3-4-8-16(14)19-17-13-24(12-15(17)11-23(19)2)20-22-21-18-9-5-6-10-25(18)20/h3-10,15,17,19H,11-13H2,1-2H3/t15-,17+,19-/m0/s1. The van der Waals surface area contributed by atoms with Gasteiger partial charge in [-0.15, -0.1) is 10.2 Å². The summed E-state index contributed by atoms with van der Waals surface area (Å²) in [5.74, 6) is 2.31. The van der Waals surface area contributed by atoms with Gasteiger partial charge in [-0.1, -0.05) is 30.3 Å². The van der Waals surface area contributed by atoms with Gasteiger partial charge < -0.3 is 4.90 Å². The van der Waals surface area contributed by atoms with Gasteiger partial charge in [0.1, 0.15) is 0 Å². The fourth-order valence-electron chi connectivity index (χ4n) is 4.85. The van der Waals surface area contributed by atoms with Gasteiger partial charge in [-0.2, -0.15) is 0 Å². The second-order valence-electron chi connectivity index (χ2n) is 7.50. The highest BCUT2D eigenvalue weighted by molar-refractivity contribution is 5.47. The molecule has 5 nitrogen and oxygen atoms in total. The number of aromatic nitrogens is 3. The van der Waals surface area contributed by atoms with Gasteiger partial charge in [-0.3, -0.25) is 9.30 Å². The van der Waals surface area contributed by atoms with Crippen LogP contribution in [0.15, 0.2) is 48.7 Å². The molecule has 0 amide bonds. The van der Waals surface area contributed by atoms with E-state index in [-0.39, 0.29) is 0 Å². The lowest BCUT2D eigenvalue weighted by Gasteiger charge is -2.28. The van der Waals surface area contributed by atoms with Gasteiger partial charge in [-0.25, -0.2) is 0 Å². The van der Waals surface area contributed by atoms with Crippen LogP contribution >= 0.6 is 0 Å². The molecule has 5 heteroatoms. The van der Waals surface area contributed by atoms with E-state index in [0.717, 1.165) is 31.2 Å². The predicted octanol–water partition coefficient (Wildman–Crippen LogP) is 2.78. The summed E-state index contributed by atoms with van der Waals surface area (Å²) < 4.78 is 2.10. The Morgan fingerprint density at radius 3 is 2.68 bits per heavy atom. The maximum atomic E-state index is 4.46. The van der Waals surface area contributed by atoms with Crippen molar-refractivity contribution in [3.05, 3.63) is 59.8 Å². The molecule has 0 aliphatic carbocycles. The summed E-state index contributed by atoms with van der Waals surface area (Å²) in [6.45, 7) is 5.49. The molecule has 5 rings (SSSR count). The molecule has 0 radical (unpaired) electrons. The number of rotatable bonds is 2. The minimum atomic E-state index is 0.496. The number of hydrogen-bond donors (Lipinski definition) is 0. The number of anilines is 1. The first kappa shape index (κ1) is 14.9. The van der Waals surface area contributed by atoms with Crippen LogP contribution in [0, 0.1) is 18.8 Å². The molecule has 0 bridgehead atoms. The molecule has 0 spiro atoms. The van der Waals surface area contributed by atoms with E-state index >= 15 is 0 Å². The minimum absolute atomic E-state index is 0.496. The molecular weight excluding hydrogens is 310 g/mol. The number of hydrogen-bond acceptors (Lipinski definition) is 4. The fraction of sp³-hybridized carbons (Fsp3) is 0.400. The van der Waals surface area contributed by atoms with Crippen LogP contribution in [0.25, 0.3) is 5.65 Å². The first-order valence-electron chi connectivity index (χ1n) is 9.03. The van der Waals surface area contributed by atoms with Crippen molar-refractivity contribution in [1.29, 1.82) is 0 Å². The van der Waals surface area contributed by atoms with Gasteiger partial charge in [-0.05, 0) is 43.1 Å². The Bertz CT molecular complexity index is 917. The minimum Gasteiger partial charge on any atom is -0.340 e. The number of aryl methyl sites for hydroxylation is 1. The van der Waals surface area contributed by atoms with Crippen LogP contribution < -0.4 is 4.90 Å². The average molecular weight is 333 g/mol. The van der Waals surface area contributed by atoms with E-state index in [4.69, 9.17) is 0 Å². The zero-order valence-corrected chi connectivity index (χ0v) is 14.7. The summed E-state index contributed by atoms with van der Waals surface area (Å²) >= 11 is 0. The second kappa shape index (κ2) is 5.56. The highest BCUT2D eigenvalue weighted by Gasteiger charge is 2.47. The summed E-state index contributed by atoms with van der Waals surface area (Å²) in [6.07, 6.45) is 2.06. The second-order valence-corrected chi connectivity index (χ2v) is 7.50. The molecule has 2 aliphatic rings. The lowest BCUT2D eigenvalue weighted by atomic mass is 9.88. The number of nitrogens with zero attached hydrogens (tertiary/aromatic N) is 5. The van der Waals surface area contributed by atoms with E-state index in [0.29, 0.717) is 17.9 Å². The number of pyridine rings is 1. The van der Waals surface area contributed by atoms with Crippen LogP contribution in [0.1, 0.15) is 17.2 Å². The van der Waals surface area contributed by atoms with E-state index in [9.17, 15) is 0 Å². The van der Waals surface area contributed by atoms with Crippen LogP contribution in [0.4, 0.5) is 5.95 Å². The Balaban J connectivity index is 1.48. The SMILES string of the molecule is Cc1ccccc1[C@H]1[C@@H]2CN(c3nnc4ccccn34)C[C@@H]2CN1C. The molecule has 2 aliphatic heterocycles. The largest absolute Gasteiger partial charge is 0.340 e. The lowest BCUT2D eigenvalue weighted by molar-refractivity contribution is 0.278. The Hall–Kier alpha value is -2.40. The highest BCUT2D eigenvalue weighted by atomic mass is 15.4. The molecule has 25 heavy (non-hydrogen) atoms. The quantitative estimate of drug-likeness (QED) is 0.723. The molecule has 3 aromatic rings. The first-order chi connectivity index (χ1) is 12.2. The molecular formula is C20H23N5. The Morgan fingerprint density at radius 2 is 1.80 bits per heavy atom. The molecule has 0 unspecified atom stereocenters. The molecule has 0 saturated carbocycles. The van der Waals surface area contributed by atoms with Crippen molar-refractivity contribution in [3.63, 3.8) is 0 Å². The maximum Gasteiger partial charge on any atom is 0.231 e. The van der Waals surface area contributed by atoms with Gasteiger partial charge in [0.25, 0.3) is 0 Å². The fourth-order valence-corrected chi connectivity index (χ4v) is 4.85. The van der Waals surface area contributed by atoms with Crippen LogP contribution in [-0.4, -0.2) is 46.2 Å². The van der Waals surface area contributed by atoms with E-state index in [1.165, 1.54) is 11.1 Å². The van der Waals surface area contributed by atoms with Crippen LogP contribution in [-0.2, 0) is 0 Å². The van der Waals surface area contributed by atoms with Crippen LogP contribution in [0.5, 0.6) is 0 Å². The number of likely N-dealkylation sites (tertiary alicyclic amines) is 1. The van der Waals surface area contributed by atoms with Crippen molar-refractivity contribution in [2.75, 3.05) is 31.6 Å². The van der Waals surface area contributed by atoms with Crippen molar-refractivity contribution in [2.24, 2.45) is 11.8 Å². The monoisotopic (exact) mass is 333 g/mol. The molecule has 0 N–H and O–H groups in total. The normalized spacial score (nSPS) is 26.5. The van der Waals surface area contributed by atoms with Crippen LogP contribution in [0.2, 0.25) is 0 Å². The number of fused-ring (bicyclic) bond motifs is 2. The van der Waals surface area contributed by atoms with Crippen molar-refractivity contribution in [3.8, 4) is 0 Å². The van der Waals surface area contributed by atoms with Gasteiger partial charge >= 0.3 is 0 Å². The third kappa shape index (κ3) is 2.26. The Morgan fingerprint density at radius 1 is 0.960 bits per heavy atom. The molecule has 128 valence electrons. The van der Waals surface area contributed by atoms with Crippen LogP contribution in [0.3, 0.4) is 0 Å². The van der Waals surface area contributed by atoms with Gasteiger partial charge in [0.05, 0.1) is 0 Å². The topological polar surface area (TPSA) is 36.7 Å². The van der Waals surface area contributed by atoms with Gasteiger partial charge in [0.2, 0.25) is 5.95 Å². The van der Waals surface area contributed by atoms with Gasteiger partial charge in [0.15, 0.2) is 5.65 Å². The zero-order chi connectivity index (χ0) is 17.0. The smallest absolute Gasteiger partial charge is 0.231 e. The molecule has 4 heterocycles. The molecule has 2 fully saturated rings. The van der Waals surface area contributed by atoms with Crippen molar-refractivity contribution < 1.29 is 0 Å². The Kier molecular flexibility index (Phi) is 3.31. The maximum absolute atomic E-state index is 4.46. The lowest BCUT2D eigenvalue weighted by Crippen LogP contribution is -2.30. The van der Waals surface area contributed by atoms with E-state index in [2.05, 4.69) is 68.8 Å². The summed E-state index contributed by atoms with van der Waals surface area (Å²) in [5.41, 5.74) is 3.79. The third-order valence-electron chi connectivity index (χ3n) is 5.98. The predicted molar refractivity (Wildman–Crippen MR) is 98.7 cm³/mol. The molecule has 1 aromatic carbocycles. The first-order valence-corrected chi connectivity index (χ1v) is 9.03. The summed E-state index contributed by atoms with van der Waals surface area (Å²) in [7, 11) is 2.27. The number of benzene rings is 1. The van der Waals surface area contributed by atoms with E-state index < -0.39 is 0 Å². The van der Waals surface area contributed by atoms with Crippen molar-refractivity contribution in [1.82, 2.24) is 19.5 Å². The average Bonchev–Trinajstić information content (AvgIpc) is 3.27. The van der Waals surface area contributed by atoms with Crippen molar-refractivity contribution >= 4 is 11.6 Å². The molecule has 3 atom stereocenters. The highest BCUT2D eigenvalue weighted by Crippen LogP contribution is 2.45. The van der Waals surface area contributed by atoms with Gasteiger partial charge in [0, 0.05) is 37.8 Å². The van der Waals surface area contributed by atoms with E-state index in [1.54, 1.807) is 0 Å². The third-order valence-corrected chi connectivity index (χ3v) is 5.98. The van der Waals surface area contributed by atoms with E-state index in [1.807, 2.05) is 18.2 Å². The zero-order valence-electron chi connectivity index (χ0n) is 14.7. The molecule has 2 aromatic heterocycles.